The number of nitrogens with one attached hydrogen (secondary N) is 1. The molecule has 1 aliphatic heterocycles. The predicted molar refractivity (Wildman–Crippen MR) is 91.6 cm³/mol. The molecule has 0 aromatic carbocycles. The molecule has 2 rings (SSSR count). The minimum absolute atomic E-state index is 0.369. The minimum Gasteiger partial charge on any atom is -0.444 e. The number of aliphatic hydroxyl groups is 1. The number of aromatic nitrogens is 2. The van der Waals surface area contributed by atoms with E-state index in [9.17, 15) is 9.90 Å². The second-order valence-corrected chi connectivity index (χ2v) is 7.50. The van der Waals surface area contributed by atoms with Crippen molar-refractivity contribution in [1.82, 2.24) is 20.0 Å². The molecule has 0 saturated carbocycles. The van der Waals surface area contributed by atoms with Crippen LogP contribution in [-0.2, 0) is 17.4 Å². The third-order valence-electron chi connectivity index (χ3n) is 4.30. The number of carbonyl (C=O) groups is 1. The molecule has 0 unspecified atom stereocenters. The van der Waals surface area contributed by atoms with Gasteiger partial charge in [0.05, 0.1) is 5.69 Å². The van der Waals surface area contributed by atoms with Crippen molar-refractivity contribution >= 4 is 6.09 Å². The average Bonchev–Trinajstić information content (AvgIpc) is 2.91. The summed E-state index contributed by atoms with van der Waals surface area (Å²) in [6.07, 6.45) is 3.62. The Morgan fingerprint density at radius 1 is 1.42 bits per heavy atom. The number of aryl methyl sites for hydroxylation is 1. The quantitative estimate of drug-likeness (QED) is 0.798. The summed E-state index contributed by atoms with van der Waals surface area (Å²) >= 11 is 0. The van der Waals surface area contributed by atoms with E-state index >= 15 is 0 Å². The average molecular weight is 338 g/mol. The fourth-order valence-electron chi connectivity index (χ4n) is 3.04. The summed E-state index contributed by atoms with van der Waals surface area (Å²) in [5, 5.41) is 17.7. The van der Waals surface area contributed by atoms with Crippen LogP contribution in [0.25, 0.3) is 0 Å². The van der Waals surface area contributed by atoms with Crippen molar-refractivity contribution in [3.05, 3.63) is 18.0 Å². The van der Waals surface area contributed by atoms with Gasteiger partial charge in [-0.15, -0.1) is 0 Å². The summed E-state index contributed by atoms with van der Waals surface area (Å²) in [7, 11) is 1.86. The number of carbonyl (C=O) groups excluding carboxylic acids is 1. The first-order valence-corrected chi connectivity index (χ1v) is 8.60. The summed E-state index contributed by atoms with van der Waals surface area (Å²) in [5.74, 6) is 0. The molecule has 1 aromatic rings. The Hall–Kier alpha value is -1.60. The Bertz CT molecular complexity index is 542. The van der Waals surface area contributed by atoms with Crippen LogP contribution in [0.5, 0.6) is 0 Å². The van der Waals surface area contributed by atoms with Crippen LogP contribution < -0.4 is 5.32 Å². The van der Waals surface area contributed by atoms with E-state index in [1.165, 1.54) is 0 Å². The number of hydrogen-bond donors (Lipinski definition) is 2. The van der Waals surface area contributed by atoms with Gasteiger partial charge < -0.3 is 20.1 Å². The van der Waals surface area contributed by atoms with Crippen LogP contribution in [0.1, 0.15) is 45.7 Å². The number of alkyl carbamates (subject to hydrolysis) is 1. The Morgan fingerprint density at radius 2 is 2.08 bits per heavy atom. The van der Waals surface area contributed by atoms with E-state index in [0.717, 1.165) is 31.7 Å². The third-order valence-corrected chi connectivity index (χ3v) is 4.30. The molecule has 1 amide bonds. The van der Waals surface area contributed by atoms with Crippen molar-refractivity contribution in [2.45, 2.75) is 51.2 Å². The maximum Gasteiger partial charge on any atom is 0.407 e. The zero-order valence-electron chi connectivity index (χ0n) is 15.2. The highest BCUT2D eigenvalue weighted by atomic mass is 16.6. The van der Waals surface area contributed by atoms with Crippen LogP contribution in [0.2, 0.25) is 0 Å². The van der Waals surface area contributed by atoms with Crippen molar-refractivity contribution < 1.29 is 14.6 Å². The number of nitrogens with zero attached hydrogens (tertiary/aromatic N) is 3. The number of rotatable bonds is 5. The summed E-state index contributed by atoms with van der Waals surface area (Å²) in [5.41, 5.74) is -0.363. The van der Waals surface area contributed by atoms with Crippen molar-refractivity contribution in [3.8, 4) is 0 Å². The summed E-state index contributed by atoms with van der Waals surface area (Å²) < 4.78 is 6.96. The zero-order valence-corrected chi connectivity index (χ0v) is 15.2. The summed E-state index contributed by atoms with van der Waals surface area (Å²) in [6, 6.07) is 1.89. The molecule has 1 fully saturated rings. The third kappa shape index (κ3) is 5.21. The zero-order chi connectivity index (χ0) is 17.8. The van der Waals surface area contributed by atoms with Gasteiger partial charge >= 0.3 is 6.09 Å². The molecule has 0 atom stereocenters. The lowest BCUT2D eigenvalue weighted by molar-refractivity contribution is -0.0320. The van der Waals surface area contributed by atoms with E-state index in [1.807, 2.05) is 33.9 Å². The van der Waals surface area contributed by atoms with E-state index in [0.29, 0.717) is 19.4 Å². The summed E-state index contributed by atoms with van der Waals surface area (Å²) in [4.78, 5) is 13.9. The number of likely N-dealkylation sites (tertiary alicyclic amines) is 1. The molecule has 7 nitrogen and oxygen atoms in total. The van der Waals surface area contributed by atoms with Crippen molar-refractivity contribution in [2.75, 3.05) is 26.2 Å². The molecule has 0 bridgehead atoms. The molecule has 0 spiro atoms. The molecule has 0 radical (unpaired) electrons. The van der Waals surface area contributed by atoms with Crippen molar-refractivity contribution in [2.24, 2.45) is 7.05 Å². The predicted octanol–water partition coefficient (Wildman–Crippen LogP) is 1.62. The van der Waals surface area contributed by atoms with Crippen LogP contribution in [0.3, 0.4) is 0 Å². The largest absolute Gasteiger partial charge is 0.444 e. The Balaban J connectivity index is 1.67. The van der Waals surface area contributed by atoms with Gasteiger partial charge in [0.25, 0.3) is 0 Å². The topological polar surface area (TPSA) is 79.6 Å². The van der Waals surface area contributed by atoms with Crippen LogP contribution in [-0.4, -0.2) is 57.7 Å². The van der Waals surface area contributed by atoms with E-state index in [1.54, 1.807) is 10.9 Å². The smallest absolute Gasteiger partial charge is 0.407 e. The Kier molecular flexibility index (Phi) is 5.87. The van der Waals surface area contributed by atoms with Crippen molar-refractivity contribution in [3.63, 3.8) is 0 Å². The van der Waals surface area contributed by atoms with Crippen LogP contribution >= 0.6 is 0 Å². The molecule has 1 saturated heterocycles. The van der Waals surface area contributed by atoms with Gasteiger partial charge in [0.15, 0.2) is 0 Å². The molecule has 7 heteroatoms. The highest BCUT2D eigenvalue weighted by Gasteiger charge is 2.35. The monoisotopic (exact) mass is 338 g/mol. The molecule has 2 N–H and O–H groups in total. The molecular formula is C17H30N4O3. The van der Waals surface area contributed by atoms with E-state index in [2.05, 4.69) is 15.3 Å². The number of ether oxygens (including phenoxy) is 1. The fourth-order valence-corrected chi connectivity index (χ4v) is 3.04. The maximum atomic E-state index is 11.6. The van der Waals surface area contributed by atoms with Gasteiger partial charge in [0, 0.05) is 32.9 Å². The highest BCUT2D eigenvalue weighted by Crippen LogP contribution is 2.32. The molecular weight excluding hydrogens is 308 g/mol. The highest BCUT2D eigenvalue weighted by molar-refractivity contribution is 5.67. The number of piperidine rings is 1. The normalized spacial score (nSPS) is 18.4. The standard InChI is InChI=1S/C17H30N4O3/c1-16(2,3)24-15(22)18-9-5-11-21-12-7-17(23,8-13-21)14-6-10-19-20(14)4/h6,10,23H,5,7-9,11-13H2,1-4H3,(H,18,22). The van der Waals surface area contributed by atoms with E-state index < -0.39 is 11.2 Å². The molecule has 1 aliphatic rings. The molecule has 2 heterocycles. The first-order valence-electron chi connectivity index (χ1n) is 8.60. The SMILES string of the molecule is Cn1nccc1C1(O)CCN(CCCNC(=O)OC(C)(C)C)CC1. The molecule has 1 aromatic heterocycles. The number of hydrogen-bond acceptors (Lipinski definition) is 5. The van der Waals surface area contributed by atoms with Gasteiger partial charge in [0.2, 0.25) is 0 Å². The van der Waals surface area contributed by atoms with Gasteiger partial charge in [-0.25, -0.2) is 4.79 Å². The molecule has 136 valence electrons. The van der Waals surface area contributed by atoms with Gasteiger partial charge in [-0.05, 0) is 52.6 Å². The van der Waals surface area contributed by atoms with E-state index in [-0.39, 0.29) is 6.09 Å². The van der Waals surface area contributed by atoms with Gasteiger partial charge in [-0.3, -0.25) is 4.68 Å². The summed E-state index contributed by atoms with van der Waals surface area (Å²) in [6.45, 7) is 8.73. The lowest BCUT2D eigenvalue weighted by Crippen LogP contribution is -2.44. The van der Waals surface area contributed by atoms with Crippen LogP contribution in [0, 0.1) is 0 Å². The lowest BCUT2D eigenvalue weighted by atomic mass is 9.88. The van der Waals surface area contributed by atoms with Gasteiger partial charge in [0.1, 0.15) is 11.2 Å². The number of amides is 1. The minimum atomic E-state index is -0.781. The Labute approximate surface area is 144 Å². The maximum absolute atomic E-state index is 11.6. The van der Waals surface area contributed by atoms with E-state index in [4.69, 9.17) is 4.74 Å². The second-order valence-electron chi connectivity index (χ2n) is 7.50. The second kappa shape index (κ2) is 7.53. The Morgan fingerprint density at radius 3 is 2.62 bits per heavy atom. The van der Waals surface area contributed by atoms with Gasteiger partial charge in [-0.2, -0.15) is 5.10 Å². The van der Waals surface area contributed by atoms with Gasteiger partial charge in [-0.1, -0.05) is 0 Å². The molecule has 24 heavy (non-hydrogen) atoms. The van der Waals surface area contributed by atoms with Crippen LogP contribution in [0.15, 0.2) is 12.3 Å². The fraction of sp³-hybridized carbons (Fsp3) is 0.765. The lowest BCUT2D eigenvalue weighted by Gasteiger charge is -2.38. The first-order chi connectivity index (χ1) is 11.2. The first kappa shape index (κ1) is 18.7. The van der Waals surface area contributed by atoms with Crippen LogP contribution in [0.4, 0.5) is 4.79 Å². The van der Waals surface area contributed by atoms with Crippen molar-refractivity contribution in [1.29, 1.82) is 0 Å². The molecule has 0 aliphatic carbocycles.